The number of nitrogens with zero attached hydrogens (tertiary/aromatic N) is 1. The second kappa shape index (κ2) is 7.74. The monoisotopic (exact) mass is 212 g/mol. The maximum atomic E-state index is 10.5. The predicted molar refractivity (Wildman–Crippen MR) is 38.0 cm³/mol. The van der Waals surface area contributed by atoms with Gasteiger partial charge in [0.15, 0.2) is 0 Å². The van der Waals surface area contributed by atoms with Crippen LogP contribution in [0.2, 0.25) is 0 Å². The minimum Gasteiger partial charge on any atom is -0.549 e. The number of nitrogens with one attached hydrogen (secondary N) is 1. The van der Waals surface area contributed by atoms with E-state index in [-0.39, 0.29) is 29.6 Å². The Morgan fingerprint density at radius 3 is 2.14 bits per heavy atom. The predicted octanol–water partition coefficient (Wildman–Crippen LogP) is -5.82. The third-order valence-electron chi connectivity index (χ3n) is 0.962. The van der Waals surface area contributed by atoms with Crippen LogP contribution in [0.5, 0.6) is 0 Å². The van der Waals surface area contributed by atoms with Gasteiger partial charge in [-0.15, -0.1) is 0 Å². The molecule has 0 fully saturated rings. The molecule has 0 aromatic carbocycles. The van der Waals surface area contributed by atoms with Gasteiger partial charge in [0.1, 0.15) is 6.54 Å². The van der Waals surface area contributed by atoms with Crippen LogP contribution in [0.4, 0.5) is 0 Å². The van der Waals surface area contributed by atoms with Crippen LogP contribution in [0.25, 0.3) is 0 Å². The fourth-order valence-corrected chi connectivity index (χ4v) is 0.677. The van der Waals surface area contributed by atoms with Gasteiger partial charge in [0.2, 0.25) is 5.91 Å². The molecule has 14 heavy (non-hydrogen) atoms. The van der Waals surface area contributed by atoms with Crippen LogP contribution >= 0.6 is 0 Å². The molecular weight excluding hydrogens is 203 g/mol. The van der Waals surface area contributed by atoms with E-state index in [0.29, 0.717) is 0 Å². The smallest absolute Gasteiger partial charge is 0.549 e. The SMILES string of the molecule is CC(=O)NN(CC(=O)[O-])CC(=O)O.[Na+]. The van der Waals surface area contributed by atoms with Crippen molar-refractivity contribution < 1.29 is 54.2 Å². The molecule has 0 rings (SSSR count). The Labute approximate surface area is 102 Å². The Hall–Kier alpha value is -0.630. The minimum absolute atomic E-state index is 0. The summed E-state index contributed by atoms with van der Waals surface area (Å²) in [6.07, 6.45) is 0. The van der Waals surface area contributed by atoms with E-state index in [9.17, 15) is 19.5 Å². The Balaban J connectivity index is 0. The number of rotatable bonds is 5. The van der Waals surface area contributed by atoms with Gasteiger partial charge in [0.05, 0.1) is 12.5 Å². The molecule has 74 valence electrons. The van der Waals surface area contributed by atoms with Gasteiger partial charge < -0.3 is 15.0 Å². The molecule has 0 aromatic rings. The standard InChI is InChI=1S/C6H10N2O5.Na/c1-4(9)7-8(2-5(10)11)3-6(12)13;/h2-3H2,1H3,(H,7,9)(H,10,11)(H,12,13);/q;+1/p-1. The number of aliphatic carboxylic acids is 2. The number of hydrogen-bond acceptors (Lipinski definition) is 5. The second-order valence-electron chi connectivity index (χ2n) is 2.29. The average Bonchev–Trinajstić information content (AvgIpc) is 1.80. The van der Waals surface area contributed by atoms with Crippen LogP contribution in [-0.4, -0.2) is 41.1 Å². The molecule has 7 nitrogen and oxygen atoms in total. The molecule has 0 heterocycles. The molecule has 0 aromatic heterocycles. The maximum absolute atomic E-state index is 10.5. The van der Waals surface area contributed by atoms with Crippen LogP contribution in [0, 0.1) is 0 Å². The summed E-state index contributed by atoms with van der Waals surface area (Å²) >= 11 is 0. The van der Waals surface area contributed by atoms with Crippen molar-refractivity contribution in [3.63, 3.8) is 0 Å². The van der Waals surface area contributed by atoms with Gasteiger partial charge in [-0.05, 0) is 0 Å². The summed E-state index contributed by atoms with van der Waals surface area (Å²) in [5, 5.41) is 19.1. The fraction of sp³-hybridized carbons (Fsp3) is 0.500. The first-order chi connectivity index (χ1) is 5.91. The first-order valence-electron chi connectivity index (χ1n) is 3.35. The molecule has 0 atom stereocenters. The topological polar surface area (TPSA) is 110 Å². The summed E-state index contributed by atoms with van der Waals surface area (Å²) in [4.78, 5) is 30.7. The van der Waals surface area contributed by atoms with Crippen molar-refractivity contribution in [2.45, 2.75) is 6.92 Å². The minimum atomic E-state index is -1.46. The van der Waals surface area contributed by atoms with E-state index in [1.54, 1.807) is 0 Å². The van der Waals surface area contributed by atoms with Crippen molar-refractivity contribution >= 4 is 17.8 Å². The number of hydrogen-bond donors (Lipinski definition) is 2. The molecule has 0 bridgehead atoms. The van der Waals surface area contributed by atoms with E-state index >= 15 is 0 Å². The molecule has 0 saturated carbocycles. The summed E-state index contributed by atoms with van der Waals surface area (Å²) in [6.45, 7) is -0.108. The molecule has 0 saturated heterocycles. The van der Waals surface area contributed by atoms with Crippen molar-refractivity contribution in [2.75, 3.05) is 13.1 Å². The van der Waals surface area contributed by atoms with Crippen LogP contribution in [-0.2, 0) is 14.4 Å². The molecule has 0 unspecified atom stereocenters. The van der Waals surface area contributed by atoms with Crippen molar-refractivity contribution in [1.82, 2.24) is 10.4 Å². The van der Waals surface area contributed by atoms with Crippen molar-refractivity contribution in [2.24, 2.45) is 0 Å². The summed E-state index contributed by atoms with van der Waals surface area (Å²) in [7, 11) is 0. The number of hydrazine groups is 1. The molecule has 0 radical (unpaired) electrons. The fourth-order valence-electron chi connectivity index (χ4n) is 0.677. The largest absolute Gasteiger partial charge is 1.00 e. The maximum Gasteiger partial charge on any atom is 1.00 e. The van der Waals surface area contributed by atoms with Gasteiger partial charge in [-0.2, -0.15) is 0 Å². The van der Waals surface area contributed by atoms with Crippen LogP contribution in [0.15, 0.2) is 0 Å². The average molecular weight is 212 g/mol. The number of carboxylic acid groups (broad SMARTS) is 2. The summed E-state index contributed by atoms with van der Waals surface area (Å²) in [6, 6.07) is 0. The summed E-state index contributed by atoms with van der Waals surface area (Å²) < 4.78 is 0. The van der Waals surface area contributed by atoms with Crippen LogP contribution < -0.4 is 40.1 Å². The Kier molecular flexibility index (Phi) is 8.75. The van der Waals surface area contributed by atoms with Crippen molar-refractivity contribution in [3.05, 3.63) is 0 Å². The van der Waals surface area contributed by atoms with E-state index in [0.717, 1.165) is 11.9 Å². The summed E-state index contributed by atoms with van der Waals surface area (Å²) in [5.74, 6) is -3.24. The third-order valence-corrected chi connectivity index (χ3v) is 0.962. The molecule has 2 N–H and O–H groups in total. The number of amides is 1. The zero-order valence-corrected chi connectivity index (χ0v) is 9.94. The summed E-state index contributed by atoms with van der Waals surface area (Å²) in [5.41, 5.74) is 2.04. The zero-order chi connectivity index (χ0) is 10.4. The molecular formula is C6H9N2NaO5. The molecule has 0 aliphatic rings. The zero-order valence-electron chi connectivity index (χ0n) is 7.94. The van der Waals surface area contributed by atoms with E-state index < -0.39 is 30.9 Å². The molecule has 0 spiro atoms. The van der Waals surface area contributed by atoms with Gasteiger partial charge in [0.25, 0.3) is 0 Å². The number of carbonyl (C=O) groups is 3. The quantitative estimate of drug-likeness (QED) is 0.347. The second-order valence-corrected chi connectivity index (χ2v) is 2.29. The molecule has 0 aliphatic heterocycles. The van der Waals surface area contributed by atoms with Gasteiger partial charge in [-0.3, -0.25) is 15.0 Å². The van der Waals surface area contributed by atoms with E-state index in [4.69, 9.17) is 5.11 Å². The van der Waals surface area contributed by atoms with Crippen LogP contribution in [0.1, 0.15) is 6.92 Å². The molecule has 8 heteroatoms. The molecule has 0 aliphatic carbocycles. The first-order valence-corrected chi connectivity index (χ1v) is 3.35. The Morgan fingerprint density at radius 1 is 1.36 bits per heavy atom. The third kappa shape index (κ3) is 9.46. The Bertz CT molecular complexity index is 194. The van der Waals surface area contributed by atoms with Crippen molar-refractivity contribution in [1.29, 1.82) is 0 Å². The number of carboxylic acids is 2. The van der Waals surface area contributed by atoms with E-state index in [1.807, 2.05) is 5.43 Å². The number of carbonyl (C=O) groups excluding carboxylic acids is 2. The first kappa shape index (κ1) is 15.8. The van der Waals surface area contributed by atoms with Gasteiger partial charge in [-0.1, -0.05) is 0 Å². The van der Waals surface area contributed by atoms with Gasteiger partial charge in [-0.25, -0.2) is 5.01 Å². The van der Waals surface area contributed by atoms with Crippen molar-refractivity contribution in [3.8, 4) is 0 Å². The van der Waals surface area contributed by atoms with Gasteiger partial charge >= 0.3 is 35.5 Å². The normalized spacial score (nSPS) is 9.00. The van der Waals surface area contributed by atoms with E-state index in [2.05, 4.69) is 0 Å². The van der Waals surface area contributed by atoms with E-state index in [1.165, 1.54) is 0 Å². The van der Waals surface area contributed by atoms with Crippen LogP contribution in [0.3, 0.4) is 0 Å². The van der Waals surface area contributed by atoms with Gasteiger partial charge in [0, 0.05) is 6.92 Å². The Morgan fingerprint density at radius 2 is 1.86 bits per heavy atom. The molecule has 1 amide bonds.